The lowest BCUT2D eigenvalue weighted by molar-refractivity contribution is -0.154. The van der Waals surface area contributed by atoms with Crippen LogP contribution in [-0.4, -0.2) is 27.5 Å². The summed E-state index contributed by atoms with van der Waals surface area (Å²) < 4.78 is 45.0. The lowest BCUT2D eigenvalue weighted by Crippen LogP contribution is -2.23. The average molecular weight is 420 g/mol. The molecule has 29 heavy (non-hydrogen) atoms. The number of hydrogen-bond donors (Lipinski definition) is 1. The third kappa shape index (κ3) is 4.85. The van der Waals surface area contributed by atoms with E-state index in [1.54, 1.807) is 39.0 Å². The molecule has 7 heteroatoms. The van der Waals surface area contributed by atoms with Crippen molar-refractivity contribution in [2.24, 2.45) is 5.41 Å². The summed E-state index contributed by atoms with van der Waals surface area (Å²) in [5, 5.41) is 3.30. The maximum atomic E-state index is 13.6. The van der Waals surface area contributed by atoms with Gasteiger partial charge < -0.3 is 10.1 Å². The second kappa shape index (κ2) is 8.24. The molecule has 0 bridgehead atoms. The summed E-state index contributed by atoms with van der Waals surface area (Å²) >= 11 is 0. The number of ether oxygens (including phenoxy) is 1. The Bertz CT molecular complexity index is 1010. The molecule has 3 rings (SSSR count). The number of sulfone groups is 1. The number of esters is 1. The van der Waals surface area contributed by atoms with Crippen molar-refractivity contribution in [2.45, 2.75) is 49.5 Å². The smallest absolute Gasteiger partial charge is 0.311 e. The highest BCUT2D eigenvalue weighted by Gasteiger charge is 2.26. The fraction of sp³-hybridized carbons (Fsp3) is 0.409. The Labute approximate surface area is 171 Å². The Morgan fingerprint density at radius 1 is 1.17 bits per heavy atom. The van der Waals surface area contributed by atoms with Crippen molar-refractivity contribution in [1.29, 1.82) is 0 Å². The van der Waals surface area contributed by atoms with Gasteiger partial charge in [0.1, 0.15) is 12.4 Å². The molecule has 2 aromatic carbocycles. The highest BCUT2D eigenvalue weighted by molar-refractivity contribution is 7.91. The molecule has 0 saturated carbocycles. The lowest BCUT2D eigenvalue weighted by atomic mass is 9.93. The van der Waals surface area contributed by atoms with Gasteiger partial charge in [0.25, 0.3) is 0 Å². The number of halogens is 1. The van der Waals surface area contributed by atoms with Gasteiger partial charge in [-0.3, -0.25) is 4.79 Å². The van der Waals surface area contributed by atoms with Crippen LogP contribution in [0.1, 0.15) is 44.2 Å². The largest absolute Gasteiger partial charge is 0.460 e. The summed E-state index contributed by atoms with van der Waals surface area (Å²) in [6, 6.07) is 9.81. The van der Waals surface area contributed by atoms with E-state index >= 15 is 0 Å². The van der Waals surface area contributed by atoms with E-state index in [4.69, 9.17) is 4.74 Å². The maximum absolute atomic E-state index is 13.6. The Hall–Kier alpha value is -2.25. The maximum Gasteiger partial charge on any atom is 0.311 e. The summed E-state index contributed by atoms with van der Waals surface area (Å²) in [6.07, 6.45) is 0.927. The van der Waals surface area contributed by atoms with E-state index in [9.17, 15) is 17.6 Å². The summed E-state index contributed by atoms with van der Waals surface area (Å²) in [6.45, 7) is 6.96. The molecule has 1 aliphatic heterocycles. The van der Waals surface area contributed by atoms with E-state index in [1.807, 2.05) is 0 Å². The quantitative estimate of drug-likeness (QED) is 0.746. The van der Waals surface area contributed by atoms with Crippen LogP contribution in [0, 0.1) is 11.2 Å². The van der Waals surface area contributed by atoms with Gasteiger partial charge in [0.15, 0.2) is 0 Å². The van der Waals surface area contributed by atoms with Crippen LogP contribution in [0.25, 0.3) is 0 Å². The van der Waals surface area contributed by atoms with Crippen molar-refractivity contribution in [3.63, 3.8) is 0 Å². The van der Waals surface area contributed by atoms with Gasteiger partial charge in [-0.1, -0.05) is 12.1 Å². The van der Waals surface area contributed by atoms with Crippen LogP contribution in [0.3, 0.4) is 0 Å². The number of carbonyl (C=O) groups is 1. The minimum atomic E-state index is -3.89. The summed E-state index contributed by atoms with van der Waals surface area (Å²) in [5.74, 6) is -0.741. The molecule has 1 atom stereocenters. The molecule has 0 aliphatic carbocycles. The number of rotatable bonds is 5. The van der Waals surface area contributed by atoms with Gasteiger partial charge >= 0.3 is 5.97 Å². The number of nitrogens with one attached hydrogen (secondary N) is 1. The monoisotopic (exact) mass is 419 g/mol. The van der Waals surface area contributed by atoms with Gasteiger partial charge in [0.05, 0.1) is 15.2 Å². The van der Waals surface area contributed by atoms with E-state index in [1.165, 1.54) is 18.2 Å². The van der Waals surface area contributed by atoms with E-state index in [0.717, 1.165) is 31.1 Å². The molecule has 1 N–H and O–H groups in total. The first kappa shape index (κ1) is 21.5. The van der Waals surface area contributed by atoms with Gasteiger partial charge in [-0.15, -0.1) is 0 Å². The SMILES string of the molecule is CC(C)(C)C(=O)OCc1cc(S(=O)(=O)c2cccc(F)c2)ccc1C1CCNC1. The van der Waals surface area contributed by atoms with Crippen molar-refractivity contribution in [3.05, 3.63) is 59.4 Å². The molecule has 5 nitrogen and oxygen atoms in total. The van der Waals surface area contributed by atoms with E-state index in [-0.39, 0.29) is 28.3 Å². The molecule has 1 fully saturated rings. The zero-order valence-electron chi connectivity index (χ0n) is 16.9. The lowest BCUT2D eigenvalue weighted by Gasteiger charge is -2.20. The number of benzene rings is 2. The molecule has 1 aliphatic rings. The van der Waals surface area contributed by atoms with Crippen LogP contribution in [0.4, 0.5) is 4.39 Å². The van der Waals surface area contributed by atoms with E-state index < -0.39 is 21.1 Å². The van der Waals surface area contributed by atoms with Gasteiger partial charge in [-0.25, -0.2) is 12.8 Å². The number of hydrogen-bond acceptors (Lipinski definition) is 5. The summed E-state index contributed by atoms with van der Waals surface area (Å²) in [5.41, 5.74) is 0.976. The van der Waals surface area contributed by atoms with Crippen molar-refractivity contribution in [2.75, 3.05) is 13.1 Å². The predicted octanol–water partition coefficient (Wildman–Crippen LogP) is 3.82. The Morgan fingerprint density at radius 3 is 2.52 bits per heavy atom. The highest BCUT2D eigenvalue weighted by atomic mass is 32.2. The minimum Gasteiger partial charge on any atom is -0.460 e. The van der Waals surface area contributed by atoms with Crippen LogP contribution >= 0.6 is 0 Å². The molecule has 2 aromatic rings. The summed E-state index contributed by atoms with van der Waals surface area (Å²) in [4.78, 5) is 12.2. The first-order valence-corrected chi connectivity index (χ1v) is 11.1. The van der Waals surface area contributed by atoms with Crippen LogP contribution in [0.2, 0.25) is 0 Å². The topological polar surface area (TPSA) is 72.5 Å². The average Bonchev–Trinajstić information content (AvgIpc) is 3.19. The van der Waals surface area contributed by atoms with E-state index in [0.29, 0.717) is 5.56 Å². The third-order valence-corrected chi connectivity index (χ3v) is 6.75. The summed E-state index contributed by atoms with van der Waals surface area (Å²) in [7, 11) is -3.89. The first-order valence-electron chi connectivity index (χ1n) is 9.60. The number of carbonyl (C=O) groups excluding carboxylic acids is 1. The van der Waals surface area contributed by atoms with Gasteiger partial charge in [-0.2, -0.15) is 0 Å². The van der Waals surface area contributed by atoms with Crippen LogP contribution in [0.5, 0.6) is 0 Å². The van der Waals surface area contributed by atoms with Crippen molar-refractivity contribution < 1.29 is 22.3 Å². The fourth-order valence-corrected chi connectivity index (χ4v) is 4.66. The molecule has 1 saturated heterocycles. The first-order chi connectivity index (χ1) is 13.6. The van der Waals surface area contributed by atoms with Crippen LogP contribution in [0.15, 0.2) is 52.3 Å². The predicted molar refractivity (Wildman–Crippen MR) is 108 cm³/mol. The molecule has 0 aromatic heterocycles. The molecule has 0 amide bonds. The van der Waals surface area contributed by atoms with Gasteiger partial charge in [-0.05, 0) is 81.1 Å². The molecule has 156 valence electrons. The third-order valence-electron chi connectivity index (χ3n) is 5.00. The van der Waals surface area contributed by atoms with Crippen molar-refractivity contribution >= 4 is 15.8 Å². The fourth-order valence-electron chi connectivity index (χ4n) is 3.32. The molecule has 1 heterocycles. The van der Waals surface area contributed by atoms with Crippen LogP contribution in [-0.2, 0) is 26.0 Å². The van der Waals surface area contributed by atoms with Gasteiger partial charge in [0, 0.05) is 6.54 Å². The standard InChI is InChI=1S/C22H26FNO4S/c1-22(2,3)21(25)28-14-16-11-19(7-8-20(16)15-9-10-24-13-15)29(26,27)18-6-4-5-17(23)12-18/h4-8,11-12,15,24H,9-10,13-14H2,1-3H3. The van der Waals surface area contributed by atoms with Gasteiger partial charge in [0.2, 0.25) is 9.84 Å². The molecular formula is C22H26FNO4S. The highest BCUT2D eigenvalue weighted by Crippen LogP contribution is 2.31. The van der Waals surface area contributed by atoms with Crippen molar-refractivity contribution in [3.8, 4) is 0 Å². The molecule has 0 radical (unpaired) electrons. The zero-order chi connectivity index (χ0) is 21.2. The molecule has 1 unspecified atom stereocenters. The Kier molecular flexibility index (Phi) is 6.10. The van der Waals surface area contributed by atoms with Crippen molar-refractivity contribution in [1.82, 2.24) is 5.32 Å². The molecule has 0 spiro atoms. The second-order valence-corrected chi connectivity index (χ2v) is 10.3. The zero-order valence-corrected chi connectivity index (χ0v) is 17.7. The minimum absolute atomic E-state index is 0.00551. The van der Waals surface area contributed by atoms with E-state index in [2.05, 4.69) is 5.32 Å². The Morgan fingerprint density at radius 2 is 1.90 bits per heavy atom. The normalized spacial score (nSPS) is 17.3. The Balaban J connectivity index is 1.98. The molecular weight excluding hydrogens is 393 g/mol. The second-order valence-electron chi connectivity index (χ2n) is 8.34. The van der Waals surface area contributed by atoms with Crippen LogP contribution < -0.4 is 5.32 Å².